The molecule has 2 aromatic rings. The second-order valence-corrected chi connectivity index (χ2v) is 5.30. The van der Waals surface area contributed by atoms with E-state index >= 15 is 0 Å². The van der Waals surface area contributed by atoms with Crippen molar-refractivity contribution in [3.05, 3.63) is 53.6 Å². The van der Waals surface area contributed by atoms with Crippen LogP contribution in [0.1, 0.15) is 23.7 Å². The smallest absolute Gasteiger partial charge is 0.492 e. The number of phenols is 1. The SMILES string of the molecule is O=C(O)CC1OB(O)c2cc(O)cc(OCc3ccccc3)c21. The van der Waals surface area contributed by atoms with E-state index in [4.69, 9.17) is 14.5 Å². The zero-order valence-corrected chi connectivity index (χ0v) is 12.2. The Balaban J connectivity index is 1.90. The van der Waals surface area contributed by atoms with Crippen LogP contribution in [0.4, 0.5) is 0 Å². The summed E-state index contributed by atoms with van der Waals surface area (Å²) in [6.07, 6.45) is -1.11. The average Bonchev–Trinajstić information content (AvgIpc) is 2.81. The molecule has 1 heterocycles. The van der Waals surface area contributed by atoms with Gasteiger partial charge < -0.3 is 24.6 Å². The molecular formula is C16H15BO6. The van der Waals surface area contributed by atoms with Gasteiger partial charge in [0.05, 0.1) is 12.5 Å². The largest absolute Gasteiger partial charge is 0.508 e. The lowest BCUT2D eigenvalue weighted by Gasteiger charge is -2.15. The van der Waals surface area contributed by atoms with Gasteiger partial charge in [0, 0.05) is 11.6 Å². The molecule has 0 radical (unpaired) electrons. The highest BCUT2D eigenvalue weighted by atomic mass is 16.5. The Morgan fingerprint density at radius 2 is 2.00 bits per heavy atom. The highest BCUT2D eigenvalue weighted by Gasteiger charge is 2.39. The molecule has 1 aliphatic rings. The van der Waals surface area contributed by atoms with Crippen LogP contribution in [0.2, 0.25) is 0 Å². The van der Waals surface area contributed by atoms with Crippen LogP contribution in [-0.4, -0.2) is 28.3 Å². The standard InChI is InChI=1S/C16H15BO6/c18-11-6-12-16(14(8-15(19)20)23-17(12)21)13(7-11)22-9-10-4-2-1-3-5-10/h1-7,14,18,21H,8-9H2,(H,19,20). The summed E-state index contributed by atoms with van der Waals surface area (Å²) in [7, 11) is -1.28. The monoisotopic (exact) mass is 314 g/mol. The third kappa shape index (κ3) is 3.30. The van der Waals surface area contributed by atoms with E-state index in [-0.39, 0.29) is 18.8 Å². The van der Waals surface area contributed by atoms with E-state index in [0.29, 0.717) is 16.8 Å². The number of hydrogen-bond acceptors (Lipinski definition) is 5. The first kappa shape index (κ1) is 15.4. The lowest BCUT2D eigenvalue weighted by atomic mass is 9.78. The van der Waals surface area contributed by atoms with Crippen LogP contribution in [-0.2, 0) is 16.1 Å². The number of carbonyl (C=O) groups is 1. The van der Waals surface area contributed by atoms with Crippen molar-refractivity contribution in [3.63, 3.8) is 0 Å². The van der Waals surface area contributed by atoms with E-state index in [1.807, 2.05) is 30.3 Å². The van der Waals surface area contributed by atoms with Gasteiger partial charge in [-0.25, -0.2) is 0 Å². The number of carboxylic acids is 1. The van der Waals surface area contributed by atoms with Gasteiger partial charge in [0.15, 0.2) is 0 Å². The summed E-state index contributed by atoms with van der Waals surface area (Å²) in [5.41, 5.74) is 1.73. The number of rotatable bonds is 5. The topological polar surface area (TPSA) is 96.2 Å². The molecule has 0 spiro atoms. The molecule has 0 saturated heterocycles. The fraction of sp³-hybridized carbons (Fsp3) is 0.188. The third-order valence-electron chi connectivity index (χ3n) is 3.64. The van der Waals surface area contributed by atoms with Gasteiger partial charge in [-0.1, -0.05) is 30.3 Å². The van der Waals surface area contributed by atoms with Gasteiger partial charge in [-0.05, 0) is 17.1 Å². The second-order valence-electron chi connectivity index (χ2n) is 5.30. The molecule has 0 aromatic heterocycles. The van der Waals surface area contributed by atoms with Crippen molar-refractivity contribution in [1.29, 1.82) is 0 Å². The highest BCUT2D eigenvalue weighted by molar-refractivity contribution is 6.62. The Hall–Kier alpha value is -2.51. The van der Waals surface area contributed by atoms with Crippen molar-refractivity contribution in [2.24, 2.45) is 0 Å². The Kier molecular flexibility index (Phi) is 4.23. The number of ether oxygens (including phenoxy) is 1. The minimum atomic E-state index is -1.28. The van der Waals surface area contributed by atoms with Gasteiger partial charge in [0.2, 0.25) is 0 Å². The first-order chi connectivity index (χ1) is 11.0. The lowest BCUT2D eigenvalue weighted by Crippen LogP contribution is -2.28. The van der Waals surface area contributed by atoms with Crippen molar-refractivity contribution in [2.45, 2.75) is 19.1 Å². The summed E-state index contributed by atoms with van der Waals surface area (Å²) in [6, 6.07) is 12.2. The molecule has 0 aliphatic carbocycles. The molecule has 0 amide bonds. The van der Waals surface area contributed by atoms with Gasteiger partial charge in [0.1, 0.15) is 18.1 Å². The number of fused-ring (bicyclic) bond motifs is 1. The van der Waals surface area contributed by atoms with Crippen LogP contribution in [0.25, 0.3) is 0 Å². The van der Waals surface area contributed by atoms with Crippen LogP contribution in [0, 0.1) is 0 Å². The minimum Gasteiger partial charge on any atom is -0.508 e. The van der Waals surface area contributed by atoms with Crippen molar-refractivity contribution in [2.75, 3.05) is 0 Å². The number of carboxylic acid groups (broad SMARTS) is 1. The zero-order valence-electron chi connectivity index (χ0n) is 12.2. The quantitative estimate of drug-likeness (QED) is 0.718. The maximum Gasteiger partial charge on any atom is 0.492 e. The van der Waals surface area contributed by atoms with Gasteiger partial charge in [-0.3, -0.25) is 4.79 Å². The Morgan fingerprint density at radius 3 is 2.70 bits per heavy atom. The van der Waals surface area contributed by atoms with Crippen molar-refractivity contribution in [1.82, 2.24) is 0 Å². The molecule has 1 unspecified atom stereocenters. The van der Waals surface area contributed by atoms with E-state index in [2.05, 4.69) is 0 Å². The Bertz CT molecular complexity index is 718. The summed E-state index contributed by atoms with van der Waals surface area (Å²) >= 11 is 0. The molecule has 23 heavy (non-hydrogen) atoms. The van der Waals surface area contributed by atoms with E-state index in [1.165, 1.54) is 12.1 Å². The minimum absolute atomic E-state index is 0.0783. The molecule has 3 rings (SSSR count). The first-order valence-corrected chi connectivity index (χ1v) is 7.13. The van der Waals surface area contributed by atoms with E-state index in [1.54, 1.807) is 0 Å². The number of aliphatic carboxylic acids is 1. The van der Waals surface area contributed by atoms with Crippen LogP contribution in [0.3, 0.4) is 0 Å². The molecule has 1 aliphatic heterocycles. The number of benzene rings is 2. The Labute approximate surface area is 133 Å². The molecule has 2 aromatic carbocycles. The molecule has 1 atom stereocenters. The fourth-order valence-corrected chi connectivity index (χ4v) is 2.64. The van der Waals surface area contributed by atoms with Gasteiger partial charge in [-0.2, -0.15) is 0 Å². The summed E-state index contributed by atoms with van der Waals surface area (Å²) in [6.45, 7) is 0.257. The van der Waals surface area contributed by atoms with Gasteiger partial charge in [0.25, 0.3) is 0 Å². The van der Waals surface area contributed by atoms with Crippen molar-refractivity contribution in [3.8, 4) is 11.5 Å². The highest BCUT2D eigenvalue weighted by Crippen LogP contribution is 2.36. The maximum atomic E-state index is 11.0. The Morgan fingerprint density at radius 1 is 1.26 bits per heavy atom. The van der Waals surface area contributed by atoms with Crippen LogP contribution in [0.5, 0.6) is 11.5 Å². The molecule has 3 N–H and O–H groups in total. The van der Waals surface area contributed by atoms with E-state index in [9.17, 15) is 14.9 Å². The first-order valence-electron chi connectivity index (χ1n) is 7.13. The molecule has 0 saturated carbocycles. The van der Waals surface area contributed by atoms with E-state index in [0.717, 1.165) is 5.56 Å². The number of phenolic OH excluding ortho intramolecular Hbond substituents is 1. The lowest BCUT2D eigenvalue weighted by molar-refractivity contribution is -0.138. The summed E-state index contributed by atoms with van der Waals surface area (Å²) in [5.74, 6) is -0.811. The van der Waals surface area contributed by atoms with Crippen LogP contribution in [0.15, 0.2) is 42.5 Å². The normalized spacial score (nSPS) is 16.2. The molecule has 0 fully saturated rings. The van der Waals surface area contributed by atoms with Crippen LogP contribution < -0.4 is 10.2 Å². The molecule has 0 bridgehead atoms. The maximum absolute atomic E-state index is 11.0. The van der Waals surface area contributed by atoms with Crippen molar-refractivity contribution < 1.29 is 29.4 Å². The summed E-state index contributed by atoms with van der Waals surface area (Å²) < 4.78 is 11.0. The van der Waals surface area contributed by atoms with Gasteiger partial charge in [-0.15, -0.1) is 0 Å². The molecule has 6 nitrogen and oxygen atoms in total. The molecule has 118 valence electrons. The van der Waals surface area contributed by atoms with Crippen LogP contribution >= 0.6 is 0 Å². The second kappa shape index (κ2) is 6.32. The average molecular weight is 314 g/mol. The fourth-order valence-electron chi connectivity index (χ4n) is 2.64. The number of aromatic hydroxyl groups is 1. The van der Waals surface area contributed by atoms with E-state index < -0.39 is 19.2 Å². The van der Waals surface area contributed by atoms with Crippen molar-refractivity contribution >= 4 is 18.6 Å². The predicted octanol–water partition coefficient (Wildman–Crippen LogP) is 1.20. The predicted molar refractivity (Wildman–Crippen MR) is 82.6 cm³/mol. The number of hydrogen-bond donors (Lipinski definition) is 3. The molecule has 7 heteroatoms. The zero-order chi connectivity index (χ0) is 16.4. The summed E-state index contributed by atoms with van der Waals surface area (Å²) in [4.78, 5) is 11.0. The summed E-state index contributed by atoms with van der Waals surface area (Å²) in [5, 5.41) is 28.7. The molecular weight excluding hydrogens is 299 g/mol. The third-order valence-corrected chi connectivity index (χ3v) is 3.64. The van der Waals surface area contributed by atoms with Gasteiger partial charge >= 0.3 is 13.1 Å².